The van der Waals surface area contributed by atoms with Gasteiger partial charge < -0.3 is 5.11 Å². The average Bonchev–Trinajstić information content (AvgIpc) is 2.64. The summed E-state index contributed by atoms with van der Waals surface area (Å²) in [4.78, 5) is 3.87. The lowest BCUT2D eigenvalue weighted by atomic mass is 10.1. The van der Waals surface area contributed by atoms with Crippen molar-refractivity contribution in [3.05, 3.63) is 47.0 Å². The Morgan fingerprint density at radius 2 is 2.20 bits per heavy atom. The summed E-state index contributed by atoms with van der Waals surface area (Å²) < 4.78 is 1.61. The molecule has 1 unspecified atom stereocenters. The molecule has 0 bridgehead atoms. The minimum absolute atomic E-state index is 0.450. The van der Waals surface area contributed by atoms with E-state index in [4.69, 9.17) is 11.6 Å². The quantitative estimate of drug-likeness (QED) is 0.841. The number of rotatable bonds is 2. The molecule has 0 aliphatic rings. The highest BCUT2D eigenvalue weighted by atomic mass is 35.5. The fourth-order valence-electron chi connectivity index (χ4n) is 1.42. The number of pyridine rings is 1. The van der Waals surface area contributed by atoms with Crippen LogP contribution in [0.1, 0.15) is 17.4 Å². The lowest BCUT2D eigenvalue weighted by molar-refractivity contribution is 0.209. The lowest BCUT2D eigenvalue weighted by Gasteiger charge is -2.12. The van der Waals surface area contributed by atoms with Crippen molar-refractivity contribution in [2.24, 2.45) is 7.05 Å². The summed E-state index contributed by atoms with van der Waals surface area (Å²) >= 11 is 5.94. The second-order valence-electron chi connectivity index (χ2n) is 3.18. The van der Waals surface area contributed by atoms with Crippen LogP contribution in [-0.4, -0.2) is 19.9 Å². The molecule has 1 N–H and O–H groups in total. The van der Waals surface area contributed by atoms with Gasteiger partial charge in [-0.15, -0.1) is 0 Å². The van der Waals surface area contributed by atoms with Crippen LogP contribution in [0.15, 0.2) is 30.7 Å². The van der Waals surface area contributed by atoms with Crippen molar-refractivity contribution in [1.29, 1.82) is 0 Å². The summed E-state index contributed by atoms with van der Waals surface area (Å²) in [6.45, 7) is 0. The molecule has 0 amide bonds. The molecule has 78 valence electrons. The number of aliphatic hydroxyl groups is 1. The summed E-state index contributed by atoms with van der Waals surface area (Å²) in [6, 6.07) is 3.45. The zero-order chi connectivity index (χ0) is 10.8. The monoisotopic (exact) mass is 223 g/mol. The van der Waals surface area contributed by atoms with E-state index in [9.17, 15) is 5.11 Å². The van der Waals surface area contributed by atoms with E-state index in [1.54, 1.807) is 36.3 Å². The zero-order valence-corrected chi connectivity index (χ0v) is 8.89. The van der Waals surface area contributed by atoms with Crippen molar-refractivity contribution in [3.63, 3.8) is 0 Å². The third kappa shape index (κ3) is 1.86. The topological polar surface area (TPSA) is 50.9 Å². The third-order valence-corrected chi connectivity index (χ3v) is 2.55. The molecule has 1 atom stereocenters. The second-order valence-corrected chi connectivity index (χ2v) is 3.59. The fraction of sp³-hybridized carbons (Fsp3) is 0.200. The van der Waals surface area contributed by atoms with Gasteiger partial charge in [0.1, 0.15) is 6.10 Å². The Balaban J connectivity index is 2.41. The van der Waals surface area contributed by atoms with Gasteiger partial charge in [-0.25, -0.2) is 0 Å². The van der Waals surface area contributed by atoms with Crippen LogP contribution in [0.2, 0.25) is 5.02 Å². The van der Waals surface area contributed by atoms with Crippen molar-refractivity contribution in [3.8, 4) is 0 Å². The highest BCUT2D eigenvalue weighted by Gasteiger charge is 2.16. The molecule has 0 radical (unpaired) electrons. The van der Waals surface area contributed by atoms with Gasteiger partial charge in [-0.1, -0.05) is 11.6 Å². The Kier molecular flexibility index (Phi) is 2.70. The molecule has 5 heteroatoms. The number of aromatic nitrogens is 3. The van der Waals surface area contributed by atoms with Crippen molar-refractivity contribution < 1.29 is 5.11 Å². The summed E-state index contributed by atoms with van der Waals surface area (Å²) in [6.07, 6.45) is 3.97. The smallest absolute Gasteiger partial charge is 0.122 e. The van der Waals surface area contributed by atoms with Gasteiger partial charge in [-0.2, -0.15) is 5.10 Å². The maximum Gasteiger partial charge on any atom is 0.122 e. The van der Waals surface area contributed by atoms with Crippen LogP contribution in [-0.2, 0) is 7.05 Å². The summed E-state index contributed by atoms with van der Waals surface area (Å²) in [5, 5.41) is 14.5. The largest absolute Gasteiger partial charge is 0.382 e. The third-order valence-electron chi connectivity index (χ3n) is 2.24. The number of hydrogen-bond acceptors (Lipinski definition) is 3. The summed E-state index contributed by atoms with van der Waals surface area (Å²) in [5.74, 6) is 0. The maximum absolute atomic E-state index is 10.1. The minimum Gasteiger partial charge on any atom is -0.382 e. The second kappa shape index (κ2) is 4.00. The van der Waals surface area contributed by atoms with E-state index in [-0.39, 0.29) is 0 Å². The van der Waals surface area contributed by atoms with Gasteiger partial charge in [-0.05, 0) is 12.1 Å². The predicted octanol–water partition coefficient (Wildman–Crippen LogP) is 1.55. The number of halogens is 1. The first-order valence-corrected chi connectivity index (χ1v) is 4.83. The molecule has 2 aromatic heterocycles. The molecule has 0 aromatic carbocycles. The van der Waals surface area contributed by atoms with E-state index in [0.29, 0.717) is 16.3 Å². The van der Waals surface area contributed by atoms with Crippen LogP contribution >= 0.6 is 11.6 Å². The molecule has 0 saturated carbocycles. The molecule has 0 aliphatic heterocycles. The molecule has 2 aromatic rings. The molecule has 2 heterocycles. The molecule has 0 fully saturated rings. The highest BCUT2D eigenvalue weighted by molar-refractivity contribution is 6.31. The van der Waals surface area contributed by atoms with Crippen molar-refractivity contribution in [2.45, 2.75) is 6.10 Å². The highest BCUT2D eigenvalue weighted by Crippen LogP contribution is 2.26. The lowest BCUT2D eigenvalue weighted by Crippen LogP contribution is -2.07. The molecule has 0 saturated heterocycles. The van der Waals surface area contributed by atoms with Crippen LogP contribution in [0.3, 0.4) is 0 Å². The van der Waals surface area contributed by atoms with E-state index in [2.05, 4.69) is 10.1 Å². The van der Waals surface area contributed by atoms with Gasteiger partial charge in [0.05, 0.1) is 10.7 Å². The Bertz CT molecular complexity index is 469. The molecular weight excluding hydrogens is 214 g/mol. The molecule has 2 rings (SSSR count). The fourth-order valence-corrected chi connectivity index (χ4v) is 1.64. The molecule has 15 heavy (non-hydrogen) atoms. The van der Waals surface area contributed by atoms with Crippen molar-refractivity contribution in [1.82, 2.24) is 14.8 Å². The molecule has 4 nitrogen and oxygen atoms in total. The van der Waals surface area contributed by atoms with Gasteiger partial charge in [0.2, 0.25) is 0 Å². The van der Waals surface area contributed by atoms with E-state index in [0.717, 1.165) is 0 Å². The summed E-state index contributed by atoms with van der Waals surface area (Å²) in [5.41, 5.74) is 1.33. The first-order valence-electron chi connectivity index (χ1n) is 4.45. The number of nitrogens with zero attached hydrogens (tertiary/aromatic N) is 3. The zero-order valence-electron chi connectivity index (χ0n) is 8.13. The maximum atomic E-state index is 10.1. The van der Waals surface area contributed by atoms with Gasteiger partial charge in [0.15, 0.2) is 0 Å². The average molecular weight is 224 g/mol. The first kappa shape index (κ1) is 10.1. The number of hydrogen-bond donors (Lipinski definition) is 1. The van der Waals surface area contributed by atoms with Crippen molar-refractivity contribution >= 4 is 11.6 Å². The molecule has 0 aliphatic carbocycles. The first-order chi connectivity index (χ1) is 7.20. The summed E-state index contributed by atoms with van der Waals surface area (Å²) in [7, 11) is 1.77. The van der Waals surface area contributed by atoms with Crippen LogP contribution < -0.4 is 0 Å². The molecule has 0 spiro atoms. The van der Waals surface area contributed by atoms with E-state index in [1.807, 2.05) is 0 Å². The van der Waals surface area contributed by atoms with Gasteiger partial charge in [-0.3, -0.25) is 9.67 Å². The molecular formula is C10H10ClN3O. The van der Waals surface area contributed by atoms with Gasteiger partial charge in [0, 0.05) is 31.2 Å². The standard InChI is InChI=1S/C10H10ClN3O/c1-14-9(3-5-13-14)10(15)7-2-4-12-6-8(7)11/h2-6,10,15H,1H3. The Morgan fingerprint density at radius 3 is 2.80 bits per heavy atom. The van der Waals surface area contributed by atoms with E-state index >= 15 is 0 Å². The number of aliphatic hydroxyl groups excluding tert-OH is 1. The predicted molar refractivity (Wildman–Crippen MR) is 56.5 cm³/mol. The van der Waals surface area contributed by atoms with E-state index in [1.165, 1.54) is 6.20 Å². The Labute approximate surface area is 92.1 Å². The Morgan fingerprint density at radius 1 is 1.40 bits per heavy atom. The van der Waals surface area contributed by atoms with Crippen LogP contribution in [0.5, 0.6) is 0 Å². The Hall–Kier alpha value is -1.39. The van der Waals surface area contributed by atoms with Crippen molar-refractivity contribution in [2.75, 3.05) is 0 Å². The van der Waals surface area contributed by atoms with E-state index < -0.39 is 6.10 Å². The van der Waals surface area contributed by atoms with Gasteiger partial charge in [0.25, 0.3) is 0 Å². The minimum atomic E-state index is -0.770. The number of aryl methyl sites for hydroxylation is 1. The van der Waals surface area contributed by atoms with Crippen LogP contribution in [0, 0.1) is 0 Å². The van der Waals surface area contributed by atoms with Crippen LogP contribution in [0.4, 0.5) is 0 Å². The van der Waals surface area contributed by atoms with Gasteiger partial charge >= 0.3 is 0 Å². The SMILES string of the molecule is Cn1nccc1C(O)c1ccncc1Cl. The normalized spacial score (nSPS) is 12.7. The van der Waals surface area contributed by atoms with Crippen LogP contribution in [0.25, 0.3) is 0 Å².